The maximum Gasteiger partial charge on any atom is 0.220 e. The number of sulfonamides is 1. The SMILES string of the molecule is COc1ccc(CCC(=O)NCc2ccc(CS(N)(=O)=O)cc2)cc1OC. The van der Waals surface area contributed by atoms with Crippen molar-refractivity contribution in [3.63, 3.8) is 0 Å². The Hall–Kier alpha value is -2.58. The van der Waals surface area contributed by atoms with Crippen molar-refractivity contribution in [1.29, 1.82) is 0 Å². The fourth-order valence-corrected chi connectivity index (χ4v) is 3.23. The highest BCUT2D eigenvalue weighted by Crippen LogP contribution is 2.27. The van der Waals surface area contributed by atoms with E-state index in [0.717, 1.165) is 11.1 Å². The molecule has 0 aromatic heterocycles. The molecule has 2 aromatic rings. The number of ether oxygens (including phenoxy) is 2. The summed E-state index contributed by atoms with van der Waals surface area (Å²) in [4.78, 5) is 12.1. The van der Waals surface area contributed by atoms with Gasteiger partial charge in [0.2, 0.25) is 15.9 Å². The molecule has 8 heteroatoms. The van der Waals surface area contributed by atoms with Crippen LogP contribution in [-0.2, 0) is 33.5 Å². The van der Waals surface area contributed by atoms with E-state index in [2.05, 4.69) is 5.32 Å². The summed E-state index contributed by atoms with van der Waals surface area (Å²) in [6.07, 6.45) is 0.929. The van der Waals surface area contributed by atoms with Crippen LogP contribution in [0.2, 0.25) is 0 Å². The second kappa shape index (κ2) is 9.38. The first-order valence-electron chi connectivity index (χ1n) is 8.36. The number of amides is 1. The molecule has 7 nitrogen and oxygen atoms in total. The predicted molar refractivity (Wildman–Crippen MR) is 103 cm³/mol. The van der Waals surface area contributed by atoms with Gasteiger partial charge in [-0.05, 0) is 35.2 Å². The van der Waals surface area contributed by atoms with E-state index in [-0.39, 0.29) is 11.7 Å². The minimum atomic E-state index is -3.55. The maximum absolute atomic E-state index is 12.1. The van der Waals surface area contributed by atoms with E-state index in [9.17, 15) is 13.2 Å². The number of carbonyl (C=O) groups excluding carboxylic acids is 1. The van der Waals surface area contributed by atoms with Crippen LogP contribution >= 0.6 is 0 Å². The zero-order valence-corrected chi connectivity index (χ0v) is 16.2. The number of hydrogen-bond donors (Lipinski definition) is 2. The number of nitrogens with one attached hydrogen (secondary N) is 1. The lowest BCUT2D eigenvalue weighted by Gasteiger charge is -2.10. The minimum absolute atomic E-state index is 0.0709. The van der Waals surface area contributed by atoms with Crippen LogP contribution in [0.15, 0.2) is 42.5 Å². The average molecular weight is 392 g/mol. The van der Waals surface area contributed by atoms with Crippen molar-refractivity contribution in [2.45, 2.75) is 25.1 Å². The van der Waals surface area contributed by atoms with Crippen LogP contribution in [0.3, 0.4) is 0 Å². The Morgan fingerprint density at radius 2 is 1.56 bits per heavy atom. The van der Waals surface area contributed by atoms with Gasteiger partial charge in [0, 0.05) is 13.0 Å². The molecule has 0 saturated carbocycles. The predicted octanol–water partition coefficient (Wildman–Crippen LogP) is 1.74. The highest BCUT2D eigenvalue weighted by molar-refractivity contribution is 7.88. The molecule has 2 aromatic carbocycles. The molecule has 0 aliphatic rings. The molecule has 27 heavy (non-hydrogen) atoms. The first kappa shape index (κ1) is 20.7. The van der Waals surface area contributed by atoms with Gasteiger partial charge in [-0.25, -0.2) is 13.6 Å². The highest BCUT2D eigenvalue weighted by atomic mass is 32.2. The van der Waals surface area contributed by atoms with E-state index in [1.807, 2.05) is 18.2 Å². The molecular weight excluding hydrogens is 368 g/mol. The summed E-state index contributed by atoms with van der Waals surface area (Å²) in [5.74, 6) is 1.01. The van der Waals surface area contributed by atoms with Gasteiger partial charge in [-0.2, -0.15) is 0 Å². The second-order valence-electron chi connectivity index (χ2n) is 6.09. The number of hydrogen-bond acceptors (Lipinski definition) is 5. The standard InChI is InChI=1S/C19H24N2O5S/c1-25-17-9-7-14(11-18(17)26-2)8-10-19(22)21-12-15-3-5-16(6-4-15)13-27(20,23)24/h3-7,9,11H,8,10,12-13H2,1-2H3,(H,21,22)(H2,20,23,24). The molecule has 0 atom stereocenters. The van der Waals surface area contributed by atoms with Crippen LogP contribution in [0.1, 0.15) is 23.1 Å². The van der Waals surface area contributed by atoms with Gasteiger partial charge in [0.05, 0.1) is 20.0 Å². The van der Waals surface area contributed by atoms with Crippen LogP contribution < -0.4 is 19.9 Å². The number of benzene rings is 2. The second-order valence-corrected chi connectivity index (χ2v) is 7.70. The number of carbonyl (C=O) groups is 1. The molecule has 0 fully saturated rings. The van der Waals surface area contributed by atoms with Gasteiger partial charge in [0.1, 0.15) is 0 Å². The van der Waals surface area contributed by atoms with Gasteiger partial charge < -0.3 is 14.8 Å². The Morgan fingerprint density at radius 1 is 0.963 bits per heavy atom. The van der Waals surface area contributed by atoms with Gasteiger partial charge in [0.25, 0.3) is 0 Å². The number of aryl methyl sites for hydroxylation is 1. The molecule has 2 rings (SSSR count). The van der Waals surface area contributed by atoms with Crippen molar-refractivity contribution < 1.29 is 22.7 Å². The van der Waals surface area contributed by atoms with Crippen LogP contribution in [0.25, 0.3) is 0 Å². The lowest BCUT2D eigenvalue weighted by atomic mass is 10.1. The lowest BCUT2D eigenvalue weighted by Crippen LogP contribution is -2.23. The first-order valence-corrected chi connectivity index (χ1v) is 10.1. The lowest BCUT2D eigenvalue weighted by molar-refractivity contribution is -0.121. The number of primary sulfonamides is 1. The van der Waals surface area contributed by atoms with E-state index in [4.69, 9.17) is 14.6 Å². The zero-order valence-electron chi connectivity index (χ0n) is 15.4. The third-order valence-electron chi connectivity index (χ3n) is 3.97. The fourth-order valence-electron chi connectivity index (χ4n) is 2.57. The third kappa shape index (κ3) is 6.92. The molecule has 0 radical (unpaired) electrons. The third-order valence-corrected chi connectivity index (χ3v) is 4.70. The van der Waals surface area contributed by atoms with Crippen LogP contribution in [0, 0.1) is 0 Å². The van der Waals surface area contributed by atoms with Gasteiger partial charge in [-0.15, -0.1) is 0 Å². The van der Waals surface area contributed by atoms with Crippen LogP contribution in [0.5, 0.6) is 11.5 Å². The Bertz CT molecular complexity index is 879. The quantitative estimate of drug-likeness (QED) is 0.676. The molecule has 0 aliphatic heterocycles. The van der Waals surface area contributed by atoms with Gasteiger partial charge in [0.15, 0.2) is 11.5 Å². The molecular formula is C19H24N2O5S. The van der Waals surface area contributed by atoms with Crippen molar-refractivity contribution >= 4 is 15.9 Å². The Kier molecular flexibility index (Phi) is 7.20. The number of rotatable bonds is 9. The van der Waals surface area contributed by atoms with Gasteiger partial charge in [-0.3, -0.25) is 4.79 Å². The van der Waals surface area contributed by atoms with Crippen molar-refractivity contribution in [3.05, 3.63) is 59.2 Å². The normalized spacial score (nSPS) is 11.1. The van der Waals surface area contributed by atoms with E-state index < -0.39 is 10.0 Å². The summed E-state index contributed by atoms with van der Waals surface area (Å²) < 4.78 is 32.6. The molecule has 3 N–H and O–H groups in total. The average Bonchev–Trinajstić information content (AvgIpc) is 2.64. The van der Waals surface area contributed by atoms with Gasteiger partial charge in [-0.1, -0.05) is 30.3 Å². The van der Waals surface area contributed by atoms with E-state index in [1.165, 1.54) is 0 Å². The molecule has 1 amide bonds. The molecule has 0 unspecified atom stereocenters. The molecule has 0 bridgehead atoms. The summed E-state index contributed by atoms with van der Waals surface area (Å²) >= 11 is 0. The smallest absolute Gasteiger partial charge is 0.220 e. The van der Waals surface area contributed by atoms with Gasteiger partial charge >= 0.3 is 0 Å². The van der Waals surface area contributed by atoms with Crippen molar-refractivity contribution in [3.8, 4) is 11.5 Å². The van der Waals surface area contributed by atoms with E-state index in [0.29, 0.717) is 36.4 Å². The molecule has 0 aliphatic carbocycles. The number of nitrogens with two attached hydrogens (primary N) is 1. The van der Waals surface area contributed by atoms with E-state index >= 15 is 0 Å². The van der Waals surface area contributed by atoms with Crippen LogP contribution in [-0.4, -0.2) is 28.5 Å². The maximum atomic E-state index is 12.1. The summed E-state index contributed by atoms with van der Waals surface area (Å²) in [5, 5.41) is 7.87. The molecule has 0 saturated heterocycles. The summed E-state index contributed by atoms with van der Waals surface area (Å²) in [6.45, 7) is 0.375. The summed E-state index contributed by atoms with van der Waals surface area (Å²) in [7, 11) is -0.398. The fraction of sp³-hybridized carbons (Fsp3) is 0.316. The highest BCUT2D eigenvalue weighted by Gasteiger charge is 2.08. The minimum Gasteiger partial charge on any atom is -0.493 e. The van der Waals surface area contributed by atoms with Crippen molar-refractivity contribution in [1.82, 2.24) is 5.32 Å². The zero-order chi connectivity index (χ0) is 19.9. The topological polar surface area (TPSA) is 108 Å². The van der Waals surface area contributed by atoms with Crippen molar-refractivity contribution in [2.24, 2.45) is 5.14 Å². The molecule has 0 heterocycles. The van der Waals surface area contributed by atoms with E-state index in [1.54, 1.807) is 38.5 Å². The Balaban J connectivity index is 1.82. The Labute approximate surface area is 159 Å². The largest absolute Gasteiger partial charge is 0.493 e. The number of methoxy groups -OCH3 is 2. The summed E-state index contributed by atoms with van der Waals surface area (Å²) in [5.41, 5.74) is 2.48. The monoisotopic (exact) mass is 392 g/mol. The Morgan fingerprint density at radius 3 is 2.15 bits per heavy atom. The molecule has 0 spiro atoms. The summed E-state index contributed by atoms with van der Waals surface area (Å²) in [6, 6.07) is 12.5. The molecule has 146 valence electrons. The van der Waals surface area contributed by atoms with Crippen molar-refractivity contribution in [2.75, 3.05) is 14.2 Å². The van der Waals surface area contributed by atoms with Crippen LogP contribution in [0.4, 0.5) is 0 Å². The first-order chi connectivity index (χ1) is 12.8.